The summed E-state index contributed by atoms with van der Waals surface area (Å²) in [6.45, 7) is 4.62. The van der Waals surface area contributed by atoms with E-state index >= 15 is 0 Å². The Morgan fingerprint density at radius 2 is 2.17 bits per heavy atom. The number of hydrogen-bond donors (Lipinski definition) is 2. The molecule has 2 N–H and O–H groups in total. The zero-order valence-corrected chi connectivity index (χ0v) is 11.2. The molecule has 1 aromatic rings. The number of benzene rings is 1. The molecule has 0 radical (unpaired) electrons. The molecule has 1 rings (SSSR count). The van der Waals surface area contributed by atoms with Crippen LogP contribution >= 0.6 is 0 Å². The van der Waals surface area contributed by atoms with Crippen molar-refractivity contribution in [3.8, 4) is 5.75 Å². The van der Waals surface area contributed by atoms with Gasteiger partial charge in [0.1, 0.15) is 11.6 Å². The highest BCUT2D eigenvalue weighted by atomic mass is 19.1. The van der Waals surface area contributed by atoms with Crippen LogP contribution in [0.15, 0.2) is 18.2 Å². The second kappa shape index (κ2) is 7.34. The Morgan fingerprint density at radius 3 is 2.78 bits per heavy atom. The Bertz CT molecular complexity index is 365. The summed E-state index contributed by atoms with van der Waals surface area (Å²) >= 11 is 0. The van der Waals surface area contributed by atoms with Gasteiger partial charge in [0.25, 0.3) is 0 Å². The van der Waals surface area contributed by atoms with Gasteiger partial charge in [0, 0.05) is 24.8 Å². The molecule has 1 aromatic carbocycles. The van der Waals surface area contributed by atoms with E-state index in [1.54, 1.807) is 7.11 Å². The van der Waals surface area contributed by atoms with E-state index < -0.39 is 0 Å². The molecule has 0 aromatic heterocycles. The Morgan fingerprint density at radius 1 is 1.44 bits per heavy atom. The average Bonchev–Trinajstić information content (AvgIpc) is 2.33. The van der Waals surface area contributed by atoms with Gasteiger partial charge in [0.05, 0.1) is 6.61 Å². The first kappa shape index (κ1) is 14.9. The molecule has 0 saturated carbocycles. The fraction of sp³-hybridized carbons (Fsp3) is 0.571. The minimum Gasteiger partial charge on any atom is -0.508 e. The molecule has 0 aliphatic carbocycles. The largest absolute Gasteiger partial charge is 0.508 e. The Kier molecular flexibility index (Phi) is 6.09. The number of ether oxygens (including phenoxy) is 1. The zero-order chi connectivity index (χ0) is 13.5. The molecule has 0 saturated heterocycles. The first-order valence-electron chi connectivity index (χ1n) is 6.31. The lowest BCUT2D eigenvalue weighted by atomic mass is 10.0. The third-order valence-corrected chi connectivity index (χ3v) is 2.95. The first-order valence-corrected chi connectivity index (χ1v) is 6.31. The number of phenols is 1. The van der Waals surface area contributed by atoms with Crippen molar-refractivity contribution >= 4 is 0 Å². The number of aromatic hydroxyl groups is 1. The predicted molar refractivity (Wildman–Crippen MR) is 70.2 cm³/mol. The molecule has 0 aliphatic heterocycles. The highest BCUT2D eigenvalue weighted by molar-refractivity contribution is 5.34. The summed E-state index contributed by atoms with van der Waals surface area (Å²) in [4.78, 5) is 0. The molecule has 0 aliphatic rings. The molecule has 0 heterocycles. The van der Waals surface area contributed by atoms with Crippen LogP contribution < -0.4 is 5.32 Å². The number of hydrogen-bond acceptors (Lipinski definition) is 3. The Hall–Kier alpha value is -1.13. The van der Waals surface area contributed by atoms with E-state index in [1.165, 1.54) is 18.2 Å². The van der Waals surface area contributed by atoms with E-state index in [9.17, 15) is 9.50 Å². The van der Waals surface area contributed by atoms with Gasteiger partial charge in [-0.15, -0.1) is 0 Å². The standard InChI is InChI=1S/C14H22FNO2/c1-4-5-12(9-18-3)16-10(2)13-8-11(15)6-7-14(13)17/h6-8,10,12,16-17H,4-5,9H2,1-3H3. The number of methoxy groups -OCH3 is 1. The van der Waals surface area contributed by atoms with Gasteiger partial charge >= 0.3 is 0 Å². The molecule has 0 bridgehead atoms. The van der Waals surface area contributed by atoms with Gasteiger partial charge in [-0.25, -0.2) is 4.39 Å². The lowest BCUT2D eigenvalue weighted by Gasteiger charge is -2.23. The first-order chi connectivity index (χ1) is 8.58. The van der Waals surface area contributed by atoms with E-state index in [-0.39, 0.29) is 23.7 Å². The lowest BCUT2D eigenvalue weighted by Crippen LogP contribution is -2.35. The van der Waals surface area contributed by atoms with E-state index in [0.717, 1.165) is 12.8 Å². The van der Waals surface area contributed by atoms with E-state index in [2.05, 4.69) is 12.2 Å². The highest BCUT2D eigenvalue weighted by Gasteiger charge is 2.15. The number of nitrogens with one attached hydrogen (secondary N) is 1. The average molecular weight is 255 g/mol. The summed E-state index contributed by atoms with van der Waals surface area (Å²) in [6.07, 6.45) is 2.02. The van der Waals surface area contributed by atoms with Gasteiger partial charge in [0.2, 0.25) is 0 Å². The predicted octanol–water partition coefficient (Wildman–Crippen LogP) is 3.00. The zero-order valence-electron chi connectivity index (χ0n) is 11.2. The number of rotatable bonds is 7. The molecule has 0 amide bonds. The summed E-state index contributed by atoms with van der Waals surface area (Å²) in [7, 11) is 1.66. The Labute approximate surface area is 108 Å². The molecule has 2 atom stereocenters. The van der Waals surface area contributed by atoms with Crippen molar-refractivity contribution in [1.82, 2.24) is 5.32 Å². The van der Waals surface area contributed by atoms with Crippen molar-refractivity contribution < 1.29 is 14.2 Å². The molecule has 3 nitrogen and oxygen atoms in total. The summed E-state index contributed by atoms with van der Waals surface area (Å²) < 4.78 is 18.3. The fourth-order valence-electron chi connectivity index (χ4n) is 2.08. The van der Waals surface area contributed by atoms with E-state index in [4.69, 9.17) is 4.74 Å². The van der Waals surface area contributed by atoms with Crippen molar-refractivity contribution in [2.24, 2.45) is 0 Å². The third kappa shape index (κ3) is 4.27. The van der Waals surface area contributed by atoms with Crippen LogP contribution in [0.3, 0.4) is 0 Å². The van der Waals surface area contributed by atoms with Crippen LogP contribution in [0.5, 0.6) is 5.75 Å². The van der Waals surface area contributed by atoms with Gasteiger partial charge in [0.15, 0.2) is 0 Å². The Balaban J connectivity index is 2.73. The third-order valence-electron chi connectivity index (χ3n) is 2.95. The van der Waals surface area contributed by atoms with Crippen molar-refractivity contribution in [1.29, 1.82) is 0 Å². The molecular weight excluding hydrogens is 233 g/mol. The summed E-state index contributed by atoms with van der Waals surface area (Å²) in [5.74, 6) is -0.223. The lowest BCUT2D eigenvalue weighted by molar-refractivity contribution is 0.156. The summed E-state index contributed by atoms with van der Waals surface area (Å²) in [5.41, 5.74) is 0.576. The monoisotopic (exact) mass is 255 g/mol. The van der Waals surface area contributed by atoms with Crippen molar-refractivity contribution in [2.75, 3.05) is 13.7 Å². The number of halogens is 1. The number of phenolic OH excluding ortho intramolecular Hbond substituents is 1. The second-order valence-electron chi connectivity index (χ2n) is 4.53. The van der Waals surface area contributed by atoms with Crippen LogP contribution in [0, 0.1) is 5.82 Å². The van der Waals surface area contributed by atoms with E-state index in [1.807, 2.05) is 6.92 Å². The van der Waals surface area contributed by atoms with Gasteiger partial charge in [-0.1, -0.05) is 13.3 Å². The van der Waals surface area contributed by atoms with Gasteiger partial charge in [-0.3, -0.25) is 0 Å². The van der Waals surface area contributed by atoms with Crippen LogP contribution in [-0.2, 0) is 4.74 Å². The summed E-state index contributed by atoms with van der Waals surface area (Å²) in [6, 6.07) is 4.09. The quantitative estimate of drug-likeness (QED) is 0.787. The van der Waals surface area contributed by atoms with Crippen LogP contribution in [0.4, 0.5) is 4.39 Å². The van der Waals surface area contributed by atoms with Crippen LogP contribution in [0.25, 0.3) is 0 Å². The van der Waals surface area contributed by atoms with Crippen LogP contribution in [0.1, 0.15) is 38.3 Å². The molecule has 4 heteroatoms. The molecule has 102 valence electrons. The summed E-state index contributed by atoms with van der Waals surface area (Å²) in [5, 5.41) is 13.1. The van der Waals surface area contributed by atoms with Gasteiger partial charge in [-0.2, -0.15) is 0 Å². The van der Waals surface area contributed by atoms with Crippen molar-refractivity contribution in [2.45, 2.75) is 38.8 Å². The maximum absolute atomic E-state index is 13.2. The minimum absolute atomic E-state index is 0.115. The van der Waals surface area contributed by atoms with Crippen molar-refractivity contribution in [3.63, 3.8) is 0 Å². The molecule has 0 fully saturated rings. The smallest absolute Gasteiger partial charge is 0.123 e. The van der Waals surface area contributed by atoms with Gasteiger partial charge in [-0.05, 0) is 31.5 Å². The molecule has 2 unspecified atom stereocenters. The highest BCUT2D eigenvalue weighted by Crippen LogP contribution is 2.25. The minimum atomic E-state index is -0.338. The van der Waals surface area contributed by atoms with Crippen molar-refractivity contribution in [3.05, 3.63) is 29.6 Å². The van der Waals surface area contributed by atoms with E-state index in [0.29, 0.717) is 12.2 Å². The molecule has 0 spiro atoms. The maximum Gasteiger partial charge on any atom is 0.123 e. The van der Waals surface area contributed by atoms with Gasteiger partial charge < -0.3 is 15.2 Å². The fourth-order valence-corrected chi connectivity index (χ4v) is 2.08. The topological polar surface area (TPSA) is 41.5 Å². The second-order valence-corrected chi connectivity index (χ2v) is 4.53. The van der Waals surface area contributed by atoms with Crippen LogP contribution in [-0.4, -0.2) is 24.9 Å². The normalized spacial score (nSPS) is 14.4. The molecule has 18 heavy (non-hydrogen) atoms. The maximum atomic E-state index is 13.2. The SMILES string of the molecule is CCCC(COC)NC(C)c1cc(F)ccc1O. The van der Waals surface area contributed by atoms with Crippen LogP contribution in [0.2, 0.25) is 0 Å². The molecular formula is C14H22FNO2.